The summed E-state index contributed by atoms with van der Waals surface area (Å²) in [5.74, 6) is 0.276. The van der Waals surface area contributed by atoms with E-state index in [-0.39, 0.29) is 5.82 Å². The van der Waals surface area contributed by atoms with Crippen molar-refractivity contribution in [3.63, 3.8) is 0 Å². The molecule has 2 heterocycles. The van der Waals surface area contributed by atoms with Gasteiger partial charge in [-0.15, -0.1) is 0 Å². The molecule has 1 aliphatic heterocycles. The minimum absolute atomic E-state index is 0.301. The number of hydrogen-bond acceptors (Lipinski definition) is 3. The third kappa shape index (κ3) is 3.74. The van der Waals surface area contributed by atoms with Crippen molar-refractivity contribution in [3.05, 3.63) is 95.0 Å². The number of halogens is 2. The number of benzene rings is 2. The summed E-state index contributed by atoms with van der Waals surface area (Å²) < 4.78 is 17.4. The quantitative estimate of drug-likeness (QED) is 0.556. The minimum atomic E-state index is -0.301. The summed E-state index contributed by atoms with van der Waals surface area (Å²) in [4.78, 5) is 9.75. The second-order valence-corrected chi connectivity index (χ2v) is 7.32. The van der Waals surface area contributed by atoms with Crippen LogP contribution in [0.5, 0.6) is 0 Å². The highest BCUT2D eigenvalue weighted by Crippen LogP contribution is 2.37. The van der Waals surface area contributed by atoms with Gasteiger partial charge in [0.25, 0.3) is 0 Å². The molecule has 4 nitrogen and oxygen atoms in total. The summed E-state index contributed by atoms with van der Waals surface area (Å²) in [6, 6.07) is 16.0. The van der Waals surface area contributed by atoms with E-state index in [0.717, 1.165) is 16.1 Å². The van der Waals surface area contributed by atoms with Crippen LogP contribution >= 0.6 is 23.5 Å². The Bertz CT molecular complexity index is 1080. The molecule has 0 atom stereocenters. The molecule has 0 spiro atoms. The number of rotatable bonds is 4. The fraction of sp³-hybridized carbons (Fsp3) is 0.0476. The van der Waals surface area contributed by atoms with E-state index < -0.39 is 0 Å². The van der Waals surface area contributed by atoms with Crippen molar-refractivity contribution in [1.82, 2.24) is 9.71 Å². The zero-order chi connectivity index (χ0) is 19.5. The molecule has 0 unspecified atom stereocenters. The van der Waals surface area contributed by atoms with E-state index in [0.29, 0.717) is 34.4 Å². The van der Waals surface area contributed by atoms with Crippen LogP contribution in [0, 0.1) is 5.82 Å². The van der Waals surface area contributed by atoms with Crippen molar-refractivity contribution in [2.45, 2.75) is 11.4 Å². The SMILES string of the molecule is C=C(c1ccccc1F)c1cccc2c1NC(=NCc1ncccc1Cl)NS2. The molecule has 0 bridgehead atoms. The van der Waals surface area contributed by atoms with Crippen molar-refractivity contribution < 1.29 is 4.39 Å². The molecular weight excluding hydrogens is 395 g/mol. The van der Waals surface area contributed by atoms with Gasteiger partial charge in [0.1, 0.15) is 5.82 Å². The van der Waals surface area contributed by atoms with Crippen LogP contribution in [0.25, 0.3) is 5.57 Å². The molecule has 0 amide bonds. The Morgan fingerprint density at radius 3 is 2.75 bits per heavy atom. The monoisotopic (exact) mass is 410 g/mol. The first-order valence-electron chi connectivity index (χ1n) is 8.54. The highest BCUT2D eigenvalue weighted by atomic mass is 35.5. The van der Waals surface area contributed by atoms with Gasteiger partial charge in [-0.2, -0.15) is 0 Å². The average molecular weight is 411 g/mol. The summed E-state index contributed by atoms with van der Waals surface area (Å²) in [5, 5.41) is 3.86. The third-order valence-electron chi connectivity index (χ3n) is 4.27. The van der Waals surface area contributed by atoms with Crippen molar-refractivity contribution in [3.8, 4) is 0 Å². The predicted octanol–water partition coefficient (Wildman–Crippen LogP) is 5.51. The molecule has 1 aliphatic rings. The summed E-state index contributed by atoms with van der Waals surface area (Å²) in [6.45, 7) is 4.45. The highest BCUT2D eigenvalue weighted by molar-refractivity contribution is 7.98. The van der Waals surface area contributed by atoms with Crippen LogP contribution in [-0.4, -0.2) is 10.9 Å². The van der Waals surface area contributed by atoms with Crippen molar-refractivity contribution >= 4 is 40.8 Å². The number of guanidine groups is 1. The second-order valence-electron chi connectivity index (χ2n) is 6.06. The lowest BCUT2D eigenvalue weighted by Gasteiger charge is -2.24. The van der Waals surface area contributed by atoms with Crippen LogP contribution in [0.3, 0.4) is 0 Å². The molecule has 2 N–H and O–H groups in total. The molecule has 140 valence electrons. The highest BCUT2D eigenvalue weighted by Gasteiger charge is 2.20. The standard InChI is InChI=1S/C21H16ClFN4S/c1-13(14-6-2-3-9-17(14)23)15-7-4-10-19-20(15)26-21(27-28-19)25-12-18-16(22)8-5-11-24-18/h2-11H,1,12H2,(H2,25,26,27). The molecule has 0 fully saturated rings. The van der Waals surface area contributed by atoms with Gasteiger partial charge >= 0.3 is 0 Å². The molecule has 1 aromatic heterocycles. The second kappa shape index (κ2) is 8.04. The van der Waals surface area contributed by atoms with Gasteiger partial charge in [0.2, 0.25) is 5.96 Å². The number of anilines is 1. The van der Waals surface area contributed by atoms with Crippen molar-refractivity contribution in [1.29, 1.82) is 0 Å². The Morgan fingerprint density at radius 2 is 1.93 bits per heavy atom. The third-order valence-corrected chi connectivity index (χ3v) is 5.47. The minimum Gasteiger partial charge on any atom is -0.324 e. The summed E-state index contributed by atoms with van der Waals surface area (Å²) >= 11 is 7.58. The first-order chi connectivity index (χ1) is 13.6. The van der Waals surface area contributed by atoms with Gasteiger partial charge in [0.05, 0.1) is 27.8 Å². The lowest BCUT2D eigenvalue weighted by atomic mass is 9.97. The Kier molecular flexibility index (Phi) is 5.32. The Morgan fingerprint density at radius 1 is 1.11 bits per heavy atom. The molecule has 0 radical (unpaired) electrons. The lowest BCUT2D eigenvalue weighted by Crippen LogP contribution is -2.30. The van der Waals surface area contributed by atoms with Crippen LogP contribution in [-0.2, 0) is 6.54 Å². The zero-order valence-corrected chi connectivity index (χ0v) is 16.3. The topological polar surface area (TPSA) is 49.3 Å². The first kappa shape index (κ1) is 18.5. The van der Waals surface area contributed by atoms with Gasteiger partial charge in [0, 0.05) is 17.3 Å². The number of nitrogens with one attached hydrogen (secondary N) is 2. The molecule has 0 aliphatic carbocycles. The molecule has 28 heavy (non-hydrogen) atoms. The fourth-order valence-corrected chi connectivity index (χ4v) is 3.77. The number of fused-ring (bicyclic) bond motifs is 1. The van der Waals surface area contributed by atoms with E-state index in [1.165, 1.54) is 18.0 Å². The van der Waals surface area contributed by atoms with Crippen LogP contribution in [0.1, 0.15) is 16.8 Å². The molecule has 0 saturated carbocycles. The van der Waals surface area contributed by atoms with E-state index in [4.69, 9.17) is 11.6 Å². The molecule has 2 aromatic carbocycles. The van der Waals surface area contributed by atoms with E-state index in [1.54, 1.807) is 36.5 Å². The van der Waals surface area contributed by atoms with Crippen LogP contribution in [0.2, 0.25) is 5.02 Å². The molecular formula is C21H16ClFN4S. The smallest absolute Gasteiger partial charge is 0.206 e. The first-order valence-corrected chi connectivity index (χ1v) is 9.74. The van der Waals surface area contributed by atoms with E-state index in [9.17, 15) is 4.39 Å². The van der Waals surface area contributed by atoms with E-state index in [1.807, 2.05) is 18.2 Å². The van der Waals surface area contributed by atoms with Gasteiger partial charge in [-0.1, -0.05) is 48.5 Å². The number of para-hydroxylation sites is 1. The van der Waals surface area contributed by atoms with Crippen LogP contribution < -0.4 is 10.0 Å². The van der Waals surface area contributed by atoms with Gasteiger partial charge < -0.3 is 5.32 Å². The fourth-order valence-electron chi connectivity index (χ4n) is 2.86. The van der Waals surface area contributed by atoms with E-state index >= 15 is 0 Å². The Balaban J connectivity index is 1.63. The van der Waals surface area contributed by atoms with Crippen LogP contribution in [0.4, 0.5) is 10.1 Å². The largest absolute Gasteiger partial charge is 0.324 e. The lowest BCUT2D eigenvalue weighted by molar-refractivity contribution is 0.624. The van der Waals surface area contributed by atoms with Gasteiger partial charge in [-0.25, -0.2) is 9.38 Å². The summed E-state index contributed by atoms with van der Waals surface area (Å²) in [6.07, 6.45) is 1.68. The number of aliphatic imine (C=N–C) groups is 1. The molecule has 4 rings (SSSR count). The van der Waals surface area contributed by atoms with Gasteiger partial charge in [-0.05, 0) is 41.8 Å². The van der Waals surface area contributed by atoms with Gasteiger partial charge in [-0.3, -0.25) is 9.71 Å². The number of hydrogen-bond donors (Lipinski definition) is 2. The maximum atomic E-state index is 14.2. The Labute approximate surface area is 171 Å². The normalized spacial score (nSPS) is 14.1. The van der Waals surface area contributed by atoms with Crippen molar-refractivity contribution in [2.75, 3.05) is 5.32 Å². The van der Waals surface area contributed by atoms with E-state index in [2.05, 4.69) is 26.6 Å². The predicted molar refractivity (Wildman–Crippen MR) is 114 cm³/mol. The van der Waals surface area contributed by atoms with Crippen molar-refractivity contribution in [2.24, 2.45) is 4.99 Å². The molecule has 0 saturated heterocycles. The average Bonchev–Trinajstić information content (AvgIpc) is 2.72. The summed E-state index contributed by atoms with van der Waals surface area (Å²) in [7, 11) is 0. The zero-order valence-electron chi connectivity index (χ0n) is 14.7. The van der Waals surface area contributed by atoms with Crippen LogP contribution in [0.15, 0.2) is 77.3 Å². The number of aromatic nitrogens is 1. The summed E-state index contributed by atoms with van der Waals surface area (Å²) in [5.41, 5.74) is 3.43. The van der Waals surface area contributed by atoms with Gasteiger partial charge in [0.15, 0.2) is 0 Å². The number of nitrogens with zero attached hydrogens (tertiary/aromatic N) is 2. The molecule has 7 heteroatoms. The Hall–Kier alpha value is -2.83. The maximum Gasteiger partial charge on any atom is 0.206 e. The number of pyridine rings is 1. The maximum absolute atomic E-state index is 14.2. The molecule has 3 aromatic rings.